The van der Waals surface area contributed by atoms with Crippen LogP contribution in [0.1, 0.15) is 61.8 Å². The van der Waals surface area contributed by atoms with Gasteiger partial charge < -0.3 is 29.2 Å². The van der Waals surface area contributed by atoms with Gasteiger partial charge in [0.15, 0.2) is 29.2 Å². The molecule has 2 amide bonds. The Hall–Kier alpha value is -6.46. The van der Waals surface area contributed by atoms with E-state index in [1.54, 1.807) is 20.0 Å². The number of nitrogens with one attached hydrogen (secondary N) is 1. The summed E-state index contributed by atoms with van der Waals surface area (Å²) in [6.45, 7) is 7.57. The molecule has 6 aromatic rings. The number of benzene rings is 4. The number of rotatable bonds is 9. The lowest BCUT2D eigenvalue weighted by Crippen LogP contribution is -2.56. The Morgan fingerprint density at radius 2 is 1.64 bits per heavy atom. The number of ether oxygens (including phenoxy) is 2. The fourth-order valence-electron chi connectivity index (χ4n) is 7.66. The van der Waals surface area contributed by atoms with Crippen molar-refractivity contribution in [1.82, 2.24) is 20.2 Å². The normalized spacial score (nSPS) is 16.3. The molecule has 4 heterocycles. The van der Waals surface area contributed by atoms with Gasteiger partial charge in [-0.3, -0.25) is 14.6 Å². The third-order valence-corrected chi connectivity index (χ3v) is 11.2. The molecule has 294 valence electrons. The Labute approximate surface area is 340 Å². The number of nitrogens with zero attached hydrogens (tertiary/aromatic N) is 3. The topological polar surface area (TPSA) is 144 Å². The number of aliphatic carboxylic acids is 1. The summed E-state index contributed by atoms with van der Waals surface area (Å²) in [6, 6.07) is 26.7. The van der Waals surface area contributed by atoms with Gasteiger partial charge in [-0.2, -0.15) is 0 Å². The van der Waals surface area contributed by atoms with E-state index in [2.05, 4.69) is 15.3 Å². The molecule has 58 heavy (non-hydrogen) atoms. The molecule has 0 bridgehead atoms. The molecule has 3 atom stereocenters. The molecule has 2 N–H and O–H groups in total. The third-order valence-electron chi connectivity index (χ3n) is 10.9. The van der Waals surface area contributed by atoms with Gasteiger partial charge in [0.05, 0.1) is 0 Å². The molecule has 4 aromatic carbocycles. The summed E-state index contributed by atoms with van der Waals surface area (Å²) in [6.07, 6.45) is 1.53. The van der Waals surface area contributed by atoms with E-state index in [-0.39, 0.29) is 37.8 Å². The molecular weight excluding hydrogens is 756 g/mol. The van der Waals surface area contributed by atoms with Crippen LogP contribution in [0.5, 0.6) is 11.5 Å². The van der Waals surface area contributed by atoms with Gasteiger partial charge >= 0.3 is 5.97 Å². The van der Waals surface area contributed by atoms with Crippen LogP contribution in [0.3, 0.4) is 0 Å². The maximum atomic E-state index is 14.2. The molecule has 11 nitrogen and oxygen atoms in total. The number of carbonyl (C=O) groups excluding carboxylic acids is 2. The van der Waals surface area contributed by atoms with E-state index >= 15 is 0 Å². The zero-order valence-electron chi connectivity index (χ0n) is 32.4. The summed E-state index contributed by atoms with van der Waals surface area (Å²) >= 11 is 6.21. The van der Waals surface area contributed by atoms with Crippen molar-refractivity contribution in [1.29, 1.82) is 0 Å². The van der Waals surface area contributed by atoms with Crippen LogP contribution in [0.15, 0.2) is 102 Å². The molecular formula is C46H41ClN4O7. The molecule has 0 saturated heterocycles. The number of aryl methyl sites for hydroxylation is 3. The molecule has 2 aliphatic rings. The number of carboxylic acids is 1. The first-order valence-electron chi connectivity index (χ1n) is 19.0. The van der Waals surface area contributed by atoms with Crippen LogP contribution in [-0.4, -0.2) is 56.4 Å². The van der Waals surface area contributed by atoms with Gasteiger partial charge in [0.25, 0.3) is 5.91 Å². The van der Waals surface area contributed by atoms with Crippen molar-refractivity contribution in [2.45, 2.75) is 65.3 Å². The van der Waals surface area contributed by atoms with Crippen LogP contribution in [-0.2, 0) is 29.0 Å². The van der Waals surface area contributed by atoms with Crippen LogP contribution >= 0.6 is 11.6 Å². The van der Waals surface area contributed by atoms with Gasteiger partial charge in [0.1, 0.15) is 24.5 Å². The summed E-state index contributed by atoms with van der Waals surface area (Å²) in [5.74, 6) is -0.611. The van der Waals surface area contributed by atoms with E-state index in [9.17, 15) is 19.5 Å². The van der Waals surface area contributed by atoms with Crippen molar-refractivity contribution in [3.63, 3.8) is 0 Å². The highest BCUT2D eigenvalue weighted by Crippen LogP contribution is 2.41. The molecule has 8 rings (SSSR count). The van der Waals surface area contributed by atoms with E-state index < -0.39 is 29.9 Å². The third kappa shape index (κ3) is 7.77. The second kappa shape index (κ2) is 15.8. The lowest BCUT2D eigenvalue weighted by atomic mass is 9.91. The standard InChI is InChI=1S/C46H41ClN4O7/c1-25-26(2)48-17-16-37(25)31-10-8-29(9-11-31)18-38(46(54)55)50-44(52)39-20-34-21-40-41(22-35(34)23-51(39)45(53)43-27(3)57-28(4)49-43)58-42(24-56-40)32-14-12-30(13-15-32)33-6-5-7-36(47)19-33/h5-17,19,21-22,38-39,42H,18,20,23-24H2,1-4H3,(H,50,52)(H,54,55)/t38?,39-,42+/m0/s1. The monoisotopic (exact) mass is 796 g/mol. The summed E-state index contributed by atoms with van der Waals surface area (Å²) < 4.78 is 18.3. The number of carboxylic acid groups (broad SMARTS) is 1. The van der Waals surface area contributed by atoms with Crippen LogP contribution in [0.4, 0.5) is 0 Å². The fraction of sp³-hybridized carbons (Fsp3) is 0.239. The number of oxazole rings is 1. The Kier molecular flexibility index (Phi) is 10.5. The lowest BCUT2D eigenvalue weighted by Gasteiger charge is -2.37. The zero-order chi connectivity index (χ0) is 40.7. The molecule has 1 unspecified atom stereocenters. The van der Waals surface area contributed by atoms with Crippen molar-refractivity contribution < 1.29 is 33.4 Å². The maximum Gasteiger partial charge on any atom is 0.326 e. The van der Waals surface area contributed by atoms with Crippen LogP contribution < -0.4 is 14.8 Å². The summed E-state index contributed by atoms with van der Waals surface area (Å²) in [4.78, 5) is 51.1. The number of hydrogen-bond donors (Lipinski definition) is 2. The van der Waals surface area contributed by atoms with Crippen LogP contribution in [0.25, 0.3) is 22.3 Å². The summed E-state index contributed by atoms with van der Waals surface area (Å²) in [7, 11) is 0. The lowest BCUT2D eigenvalue weighted by molar-refractivity contribution is -0.142. The molecule has 12 heteroatoms. The average Bonchev–Trinajstić information content (AvgIpc) is 3.57. The number of fused-ring (bicyclic) bond motifs is 2. The largest absolute Gasteiger partial charge is 0.485 e. The summed E-state index contributed by atoms with van der Waals surface area (Å²) in [5.41, 5.74) is 9.36. The molecule has 0 aliphatic carbocycles. The quantitative estimate of drug-likeness (QED) is 0.148. The molecule has 0 saturated carbocycles. The molecule has 0 fully saturated rings. The van der Waals surface area contributed by atoms with E-state index in [1.807, 2.05) is 105 Å². The van der Waals surface area contributed by atoms with Crippen molar-refractivity contribution in [2.75, 3.05) is 6.61 Å². The van der Waals surface area contributed by atoms with Crippen LogP contribution in [0.2, 0.25) is 5.02 Å². The van der Waals surface area contributed by atoms with Crippen LogP contribution in [0, 0.1) is 27.7 Å². The highest BCUT2D eigenvalue weighted by molar-refractivity contribution is 6.30. The Bertz CT molecular complexity index is 2550. The molecule has 0 spiro atoms. The molecule has 2 aliphatic heterocycles. The Morgan fingerprint density at radius 1 is 0.897 bits per heavy atom. The van der Waals surface area contributed by atoms with Crippen molar-refractivity contribution >= 4 is 29.4 Å². The first-order valence-corrected chi connectivity index (χ1v) is 19.4. The minimum Gasteiger partial charge on any atom is -0.485 e. The first kappa shape index (κ1) is 38.4. The van der Waals surface area contributed by atoms with E-state index in [1.165, 1.54) is 4.90 Å². The SMILES string of the molecule is Cc1nc(C(=O)N2Cc3cc4c(cc3C[C@H]2C(=O)NC(Cc2ccc(-c3ccnc(C)c3C)cc2)C(=O)O)OC[C@H](c2ccc(-c3cccc(Cl)c3)cc2)O4)c(C)o1. The number of amides is 2. The second-order valence-electron chi connectivity index (χ2n) is 14.8. The number of hydrogen-bond acceptors (Lipinski definition) is 8. The van der Waals surface area contributed by atoms with E-state index in [0.29, 0.717) is 28.2 Å². The van der Waals surface area contributed by atoms with Gasteiger partial charge in [-0.05, 0) is 101 Å². The van der Waals surface area contributed by atoms with Crippen molar-refractivity contribution in [3.8, 4) is 33.8 Å². The zero-order valence-corrected chi connectivity index (χ0v) is 33.2. The smallest absolute Gasteiger partial charge is 0.326 e. The Balaban J connectivity index is 1.03. The van der Waals surface area contributed by atoms with Gasteiger partial charge in [-0.15, -0.1) is 0 Å². The van der Waals surface area contributed by atoms with Gasteiger partial charge in [0.2, 0.25) is 5.91 Å². The van der Waals surface area contributed by atoms with Gasteiger partial charge in [0, 0.05) is 43.2 Å². The highest BCUT2D eigenvalue weighted by Gasteiger charge is 2.39. The Morgan fingerprint density at radius 3 is 2.34 bits per heavy atom. The first-order chi connectivity index (χ1) is 27.9. The predicted octanol–water partition coefficient (Wildman–Crippen LogP) is 8.18. The minimum atomic E-state index is -1.26. The maximum absolute atomic E-state index is 14.2. The predicted molar refractivity (Wildman–Crippen MR) is 218 cm³/mol. The van der Waals surface area contributed by atoms with E-state index in [0.717, 1.165) is 55.8 Å². The number of pyridine rings is 1. The number of carbonyl (C=O) groups is 3. The summed E-state index contributed by atoms with van der Waals surface area (Å²) in [5, 5.41) is 13.7. The van der Waals surface area contributed by atoms with Crippen molar-refractivity contribution in [2.24, 2.45) is 0 Å². The second-order valence-corrected chi connectivity index (χ2v) is 15.2. The number of halogens is 1. The number of aromatic nitrogens is 2. The minimum absolute atomic E-state index is 0.0394. The highest BCUT2D eigenvalue weighted by atomic mass is 35.5. The molecule has 2 aromatic heterocycles. The van der Waals surface area contributed by atoms with Gasteiger partial charge in [-0.1, -0.05) is 72.3 Å². The van der Waals surface area contributed by atoms with Crippen molar-refractivity contribution in [3.05, 3.63) is 153 Å². The van der Waals surface area contributed by atoms with E-state index in [4.69, 9.17) is 25.5 Å². The van der Waals surface area contributed by atoms with Gasteiger partial charge in [-0.25, -0.2) is 9.78 Å². The fourth-order valence-corrected chi connectivity index (χ4v) is 7.85. The molecule has 0 radical (unpaired) electrons. The average molecular weight is 797 g/mol.